The summed E-state index contributed by atoms with van der Waals surface area (Å²) in [7, 11) is 0. The summed E-state index contributed by atoms with van der Waals surface area (Å²) >= 11 is 0. The zero-order valence-corrected chi connectivity index (χ0v) is 11.6. The highest BCUT2D eigenvalue weighted by atomic mass is 16.5. The maximum Gasteiger partial charge on any atom is 0.115 e. The van der Waals surface area contributed by atoms with E-state index in [0.29, 0.717) is 0 Å². The fourth-order valence-electron chi connectivity index (χ4n) is 1.37. The van der Waals surface area contributed by atoms with Gasteiger partial charge in [0, 0.05) is 0 Å². The molecule has 0 atom stereocenters. The van der Waals surface area contributed by atoms with Crippen LogP contribution in [-0.2, 0) is 4.74 Å². The van der Waals surface area contributed by atoms with Gasteiger partial charge in [0.05, 0.1) is 11.2 Å². The van der Waals surface area contributed by atoms with Gasteiger partial charge in [-0.25, -0.2) is 0 Å². The molecule has 98 valence electrons. The van der Waals surface area contributed by atoms with E-state index < -0.39 is 0 Å². The maximum atomic E-state index is 8.65. The van der Waals surface area contributed by atoms with Gasteiger partial charge in [-0.1, -0.05) is 0 Å². The van der Waals surface area contributed by atoms with Gasteiger partial charge in [-0.2, -0.15) is 0 Å². The molecule has 0 spiro atoms. The molecule has 0 radical (unpaired) electrons. The molecule has 0 aliphatic rings. The third kappa shape index (κ3) is 11.1. The van der Waals surface area contributed by atoms with Crippen LogP contribution in [0.1, 0.15) is 41.5 Å². The second-order valence-electron chi connectivity index (χ2n) is 5.84. The van der Waals surface area contributed by atoms with E-state index in [4.69, 9.17) is 14.9 Å². The third-order valence-corrected chi connectivity index (χ3v) is 1.46. The number of phenolic OH excluding ortho intramolecular Hbond substituents is 2. The van der Waals surface area contributed by atoms with E-state index in [1.807, 2.05) is 0 Å². The molecule has 0 amide bonds. The van der Waals surface area contributed by atoms with Crippen LogP contribution in [0.25, 0.3) is 0 Å². The number of ether oxygens (including phenoxy) is 1. The molecule has 2 N–H and O–H groups in total. The van der Waals surface area contributed by atoms with Crippen molar-refractivity contribution in [3.8, 4) is 11.5 Å². The van der Waals surface area contributed by atoms with Crippen LogP contribution in [0, 0.1) is 0 Å². The number of hydrogen-bond donors (Lipinski definition) is 2. The molecule has 1 aromatic rings. The van der Waals surface area contributed by atoms with Gasteiger partial charge in [0.15, 0.2) is 0 Å². The van der Waals surface area contributed by atoms with Crippen LogP contribution in [0.4, 0.5) is 0 Å². The lowest BCUT2D eigenvalue weighted by atomic mass is 10.1. The third-order valence-electron chi connectivity index (χ3n) is 1.46. The van der Waals surface area contributed by atoms with Crippen molar-refractivity contribution in [3.63, 3.8) is 0 Å². The van der Waals surface area contributed by atoms with Gasteiger partial charge in [-0.05, 0) is 65.8 Å². The fourth-order valence-corrected chi connectivity index (χ4v) is 1.37. The highest BCUT2D eigenvalue weighted by Gasteiger charge is 2.19. The Morgan fingerprint density at radius 3 is 1.06 bits per heavy atom. The molecule has 3 nitrogen and oxygen atoms in total. The molecule has 0 aromatic heterocycles. The largest absolute Gasteiger partial charge is 0.508 e. The summed E-state index contributed by atoms with van der Waals surface area (Å²) in [4.78, 5) is 0. The number of phenols is 2. The lowest BCUT2D eigenvalue weighted by molar-refractivity contribution is -0.102. The molecule has 1 rings (SSSR count). The molecule has 1 aromatic carbocycles. The van der Waals surface area contributed by atoms with Crippen LogP contribution >= 0.6 is 0 Å². The van der Waals surface area contributed by atoms with E-state index in [2.05, 4.69) is 41.5 Å². The SMILES string of the molecule is CC(C)(C)OC(C)(C)C.Oc1ccc(O)cc1. The van der Waals surface area contributed by atoms with Crippen LogP contribution in [0.5, 0.6) is 11.5 Å². The minimum Gasteiger partial charge on any atom is -0.508 e. The average Bonchev–Trinajstić information content (AvgIpc) is 2.04. The monoisotopic (exact) mass is 240 g/mol. The summed E-state index contributed by atoms with van der Waals surface area (Å²) in [5.41, 5.74) is -0.0312. The van der Waals surface area contributed by atoms with Crippen molar-refractivity contribution in [1.29, 1.82) is 0 Å². The van der Waals surface area contributed by atoms with Crippen molar-refractivity contribution in [3.05, 3.63) is 24.3 Å². The molecule has 17 heavy (non-hydrogen) atoms. The summed E-state index contributed by atoms with van der Waals surface area (Å²) in [5, 5.41) is 17.3. The zero-order valence-electron chi connectivity index (χ0n) is 11.6. The van der Waals surface area contributed by atoms with Crippen molar-refractivity contribution in [2.45, 2.75) is 52.7 Å². The first-order valence-corrected chi connectivity index (χ1v) is 5.68. The Hall–Kier alpha value is -1.22. The quantitative estimate of drug-likeness (QED) is 0.680. The highest BCUT2D eigenvalue weighted by molar-refractivity contribution is 5.28. The number of aromatic hydroxyl groups is 2. The van der Waals surface area contributed by atoms with E-state index in [-0.39, 0.29) is 22.7 Å². The maximum absolute atomic E-state index is 8.65. The van der Waals surface area contributed by atoms with Crippen LogP contribution in [0.3, 0.4) is 0 Å². The number of hydrogen-bond acceptors (Lipinski definition) is 3. The first kappa shape index (κ1) is 15.8. The van der Waals surface area contributed by atoms with E-state index in [0.717, 1.165) is 0 Å². The molecule has 0 aliphatic heterocycles. The van der Waals surface area contributed by atoms with Crippen molar-refractivity contribution in [2.75, 3.05) is 0 Å². The van der Waals surface area contributed by atoms with Crippen LogP contribution in [0.15, 0.2) is 24.3 Å². The molecule has 0 saturated carbocycles. The molecule has 0 fully saturated rings. The Kier molecular flexibility index (Phi) is 5.49. The van der Waals surface area contributed by atoms with E-state index in [9.17, 15) is 0 Å². The smallest absolute Gasteiger partial charge is 0.115 e. The fraction of sp³-hybridized carbons (Fsp3) is 0.571. The Bertz CT molecular complexity index is 282. The minimum atomic E-state index is -0.0156. The van der Waals surface area contributed by atoms with Crippen LogP contribution in [-0.4, -0.2) is 21.4 Å². The minimum absolute atomic E-state index is 0.0156. The summed E-state index contributed by atoms with van der Waals surface area (Å²) in [6.45, 7) is 12.4. The van der Waals surface area contributed by atoms with Crippen molar-refractivity contribution >= 4 is 0 Å². The van der Waals surface area contributed by atoms with Gasteiger partial charge in [0.1, 0.15) is 11.5 Å². The molecule has 0 aliphatic carbocycles. The summed E-state index contributed by atoms with van der Waals surface area (Å²) in [6, 6.07) is 5.70. The van der Waals surface area contributed by atoms with E-state index in [1.165, 1.54) is 24.3 Å². The first-order chi connectivity index (χ1) is 7.49. The number of benzene rings is 1. The normalized spacial score (nSPS) is 11.6. The van der Waals surface area contributed by atoms with E-state index >= 15 is 0 Å². The molecule has 0 heterocycles. The Labute approximate surface area is 104 Å². The summed E-state index contributed by atoms with van der Waals surface area (Å²) in [6.07, 6.45) is 0. The van der Waals surface area contributed by atoms with Crippen molar-refractivity contribution in [2.24, 2.45) is 0 Å². The molecule has 3 heteroatoms. The lowest BCUT2D eigenvalue weighted by Crippen LogP contribution is -2.31. The van der Waals surface area contributed by atoms with Crippen molar-refractivity contribution in [1.82, 2.24) is 0 Å². The molecular weight excluding hydrogens is 216 g/mol. The van der Waals surface area contributed by atoms with Gasteiger partial charge in [-0.15, -0.1) is 0 Å². The van der Waals surface area contributed by atoms with Gasteiger partial charge in [0.2, 0.25) is 0 Å². The van der Waals surface area contributed by atoms with Crippen LogP contribution in [0.2, 0.25) is 0 Å². The lowest BCUT2D eigenvalue weighted by Gasteiger charge is -2.30. The predicted octanol–water partition coefficient (Wildman–Crippen LogP) is 3.70. The average molecular weight is 240 g/mol. The second-order valence-corrected chi connectivity index (χ2v) is 5.84. The van der Waals surface area contributed by atoms with Crippen LogP contribution < -0.4 is 0 Å². The molecular formula is C14H24O3. The summed E-state index contributed by atoms with van der Waals surface area (Å²) in [5.74, 6) is 0.339. The molecule has 0 unspecified atom stereocenters. The first-order valence-electron chi connectivity index (χ1n) is 5.68. The standard InChI is InChI=1S/C8H18O.C6H6O2/c1-7(2,3)9-8(4,5)6;7-5-1-2-6(8)4-3-5/h1-6H3;1-4,7-8H. The van der Waals surface area contributed by atoms with Gasteiger partial charge in [-0.3, -0.25) is 0 Å². The van der Waals surface area contributed by atoms with Gasteiger partial charge in [0.25, 0.3) is 0 Å². The van der Waals surface area contributed by atoms with Gasteiger partial charge < -0.3 is 14.9 Å². The second kappa shape index (κ2) is 5.92. The zero-order chi connectivity index (χ0) is 13.7. The Morgan fingerprint density at radius 2 is 0.941 bits per heavy atom. The Balaban J connectivity index is 0.000000302. The summed E-state index contributed by atoms with van der Waals surface area (Å²) < 4.78 is 5.62. The topological polar surface area (TPSA) is 49.7 Å². The van der Waals surface area contributed by atoms with Crippen molar-refractivity contribution < 1.29 is 14.9 Å². The van der Waals surface area contributed by atoms with E-state index in [1.54, 1.807) is 0 Å². The van der Waals surface area contributed by atoms with Gasteiger partial charge >= 0.3 is 0 Å². The molecule has 0 bridgehead atoms. The number of rotatable bonds is 0. The predicted molar refractivity (Wildman–Crippen MR) is 70.4 cm³/mol. The molecule has 0 saturated heterocycles. The highest BCUT2D eigenvalue weighted by Crippen LogP contribution is 2.18. The Morgan fingerprint density at radius 1 is 0.706 bits per heavy atom.